The van der Waals surface area contributed by atoms with E-state index in [4.69, 9.17) is 21.1 Å². The normalized spacial score (nSPS) is 13.9. The van der Waals surface area contributed by atoms with Gasteiger partial charge in [0.25, 0.3) is 15.9 Å². The van der Waals surface area contributed by atoms with Gasteiger partial charge in [-0.1, -0.05) is 23.7 Å². The molecule has 4 rings (SSSR count). The molecule has 8 nitrogen and oxygen atoms in total. The van der Waals surface area contributed by atoms with Crippen LogP contribution in [0.4, 0.5) is 15.8 Å². The number of ether oxygens (including phenoxy) is 2. The largest absolute Gasteiger partial charge is 0.495 e. The van der Waals surface area contributed by atoms with Crippen molar-refractivity contribution in [2.45, 2.75) is 4.90 Å². The molecule has 1 fully saturated rings. The standard InChI is InChI=1S/C25H25ClFN3O5S/c1-34-24-11-6-18(16-21(24)26)28-36(32,33)20-9-7-19(8-10-20)35-17-25(31)30-14-12-29(13-15-30)23-5-3-2-4-22(23)27/h2-11,16,28H,12-15,17H2,1H3. The van der Waals surface area contributed by atoms with Crippen LogP contribution in [0.15, 0.2) is 71.6 Å². The molecule has 0 spiro atoms. The highest BCUT2D eigenvalue weighted by Gasteiger charge is 2.23. The molecule has 0 atom stereocenters. The highest BCUT2D eigenvalue weighted by Crippen LogP contribution is 2.28. The lowest BCUT2D eigenvalue weighted by Gasteiger charge is -2.36. The van der Waals surface area contributed by atoms with Crippen molar-refractivity contribution in [2.75, 3.05) is 49.5 Å². The third-order valence-electron chi connectivity index (χ3n) is 5.73. The Hall–Kier alpha value is -3.50. The molecule has 11 heteroatoms. The van der Waals surface area contributed by atoms with E-state index in [1.807, 2.05) is 4.90 Å². The maximum absolute atomic E-state index is 14.0. The number of nitrogens with zero attached hydrogens (tertiary/aromatic N) is 2. The number of amides is 1. The van der Waals surface area contributed by atoms with Gasteiger partial charge < -0.3 is 19.3 Å². The lowest BCUT2D eigenvalue weighted by Crippen LogP contribution is -2.50. The van der Waals surface area contributed by atoms with Crippen molar-refractivity contribution in [3.05, 3.63) is 77.6 Å². The summed E-state index contributed by atoms with van der Waals surface area (Å²) in [6.45, 7) is 1.76. The molecule has 36 heavy (non-hydrogen) atoms. The molecule has 190 valence electrons. The first-order valence-electron chi connectivity index (χ1n) is 11.1. The molecule has 0 unspecified atom stereocenters. The molecule has 0 bridgehead atoms. The second-order valence-electron chi connectivity index (χ2n) is 8.03. The molecule has 1 aliphatic heterocycles. The molecule has 1 saturated heterocycles. The molecular weight excluding hydrogens is 509 g/mol. The molecule has 0 saturated carbocycles. The van der Waals surface area contributed by atoms with E-state index < -0.39 is 10.0 Å². The Morgan fingerprint density at radius 2 is 1.72 bits per heavy atom. The number of para-hydroxylation sites is 1. The number of hydrogen-bond acceptors (Lipinski definition) is 6. The van der Waals surface area contributed by atoms with Gasteiger partial charge in [0.1, 0.15) is 17.3 Å². The van der Waals surface area contributed by atoms with E-state index in [1.165, 1.54) is 43.5 Å². The Kier molecular flexibility index (Phi) is 7.85. The highest BCUT2D eigenvalue weighted by atomic mass is 35.5. The molecule has 0 radical (unpaired) electrons. The van der Waals surface area contributed by atoms with Crippen molar-refractivity contribution >= 4 is 38.9 Å². The van der Waals surface area contributed by atoms with Crippen LogP contribution in [0.25, 0.3) is 0 Å². The van der Waals surface area contributed by atoms with Gasteiger partial charge in [-0.25, -0.2) is 12.8 Å². The molecule has 1 amide bonds. The number of halogens is 2. The number of sulfonamides is 1. The van der Waals surface area contributed by atoms with Crippen LogP contribution >= 0.6 is 11.6 Å². The number of piperazine rings is 1. The summed E-state index contributed by atoms with van der Waals surface area (Å²) in [5.41, 5.74) is 0.822. The van der Waals surface area contributed by atoms with Crippen molar-refractivity contribution in [1.29, 1.82) is 0 Å². The van der Waals surface area contributed by atoms with Crippen molar-refractivity contribution in [3.8, 4) is 11.5 Å². The fraction of sp³-hybridized carbons (Fsp3) is 0.240. The molecular formula is C25H25ClFN3O5S. The minimum atomic E-state index is -3.86. The summed E-state index contributed by atoms with van der Waals surface area (Å²) < 4.78 is 52.5. The fourth-order valence-corrected chi connectivity index (χ4v) is 5.11. The van der Waals surface area contributed by atoms with E-state index >= 15 is 0 Å². The Labute approximate surface area is 214 Å². The van der Waals surface area contributed by atoms with Crippen molar-refractivity contribution < 1.29 is 27.1 Å². The average molecular weight is 534 g/mol. The monoisotopic (exact) mass is 533 g/mol. The maximum Gasteiger partial charge on any atom is 0.261 e. The van der Waals surface area contributed by atoms with Gasteiger partial charge in [-0.15, -0.1) is 0 Å². The first-order valence-corrected chi connectivity index (χ1v) is 13.0. The minimum absolute atomic E-state index is 0.0254. The van der Waals surface area contributed by atoms with E-state index in [9.17, 15) is 17.6 Å². The smallest absolute Gasteiger partial charge is 0.261 e. The Morgan fingerprint density at radius 1 is 1.03 bits per heavy atom. The Morgan fingerprint density at radius 3 is 2.36 bits per heavy atom. The molecule has 1 heterocycles. The van der Waals surface area contributed by atoms with Crippen molar-refractivity contribution in [3.63, 3.8) is 0 Å². The zero-order chi connectivity index (χ0) is 25.7. The zero-order valence-electron chi connectivity index (χ0n) is 19.5. The van der Waals surface area contributed by atoms with E-state index in [0.717, 1.165) is 0 Å². The summed E-state index contributed by atoms with van der Waals surface area (Å²) >= 11 is 6.06. The Bertz CT molecular complexity index is 1330. The van der Waals surface area contributed by atoms with Crippen LogP contribution in [0.3, 0.4) is 0 Å². The first kappa shape index (κ1) is 25.6. The van der Waals surface area contributed by atoms with Crippen molar-refractivity contribution in [1.82, 2.24) is 4.90 Å². The third kappa shape index (κ3) is 6.00. The van der Waals surface area contributed by atoms with Crippen LogP contribution in [0.1, 0.15) is 0 Å². The van der Waals surface area contributed by atoms with E-state index in [2.05, 4.69) is 4.72 Å². The van der Waals surface area contributed by atoms with Crippen LogP contribution < -0.4 is 19.1 Å². The molecule has 0 aromatic heterocycles. The summed E-state index contributed by atoms with van der Waals surface area (Å²) in [5, 5.41) is 0.278. The number of methoxy groups -OCH3 is 1. The lowest BCUT2D eigenvalue weighted by molar-refractivity contribution is -0.133. The summed E-state index contributed by atoms with van der Waals surface area (Å²) in [6, 6.07) is 16.9. The fourth-order valence-electron chi connectivity index (χ4n) is 3.80. The Balaban J connectivity index is 1.29. The zero-order valence-corrected chi connectivity index (χ0v) is 21.1. The van der Waals surface area contributed by atoms with Crippen LogP contribution in [-0.2, 0) is 14.8 Å². The summed E-state index contributed by atoms with van der Waals surface area (Å²) in [5.74, 6) is 0.314. The van der Waals surface area contributed by atoms with Gasteiger partial charge in [-0.3, -0.25) is 9.52 Å². The second-order valence-corrected chi connectivity index (χ2v) is 10.1. The predicted molar refractivity (Wildman–Crippen MR) is 136 cm³/mol. The number of carbonyl (C=O) groups excluding carboxylic acids is 1. The maximum atomic E-state index is 14.0. The quantitative estimate of drug-likeness (QED) is 0.470. The molecule has 1 N–H and O–H groups in total. The van der Waals surface area contributed by atoms with Crippen LogP contribution in [0.5, 0.6) is 11.5 Å². The number of anilines is 2. The van der Waals surface area contributed by atoms with E-state index in [-0.39, 0.29) is 28.2 Å². The van der Waals surface area contributed by atoms with E-state index in [0.29, 0.717) is 49.1 Å². The number of nitrogens with one attached hydrogen (secondary N) is 1. The number of benzene rings is 3. The van der Waals surface area contributed by atoms with Gasteiger partial charge in [0.2, 0.25) is 0 Å². The van der Waals surface area contributed by atoms with Gasteiger partial charge >= 0.3 is 0 Å². The first-order chi connectivity index (χ1) is 17.3. The topological polar surface area (TPSA) is 88.2 Å². The van der Waals surface area contributed by atoms with Gasteiger partial charge in [0.15, 0.2) is 6.61 Å². The molecule has 0 aliphatic carbocycles. The SMILES string of the molecule is COc1ccc(NS(=O)(=O)c2ccc(OCC(=O)N3CCN(c4ccccc4F)CC3)cc2)cc1Cl. The van der Waals surface area contributed by atoms with Gasteiger partial charge in [0.05, 0.1) is 28.4 Å². The van der Waals surface area contributed by atoms with E-state index in [1.54, 1.807) is 35.2 Å². The summed E-state index contributed by atoms with van der Waals surface area (Å²) in [4.78, 5) is 16.2. The van der Waals surface area contributed by atoms with Gasteiger partial charge in [-0.05, 0) is 54.6 Å². The van der Waals surface area contributed by atoms with Crippen molar-refractivity contribution in [2.24, 2.45) is 0 Å². The summed E-state index contributed by atoms with van der Waals surface area (Å²) in [6.07, 6.45) is 0. The lowest BCUT2D eigenvalue weighted by atomic mass is 10.2. The third-order valence-corrected chi connectivity index (χ3v) is 7.42. The molecule has 3 aromatic rings. The van der Waals surface area contributed by atoms with Gasteiger partial charge in [-0.2, -0.15) is 0 Å². The van der Waals surface area contributed by atoms with Crippen LogP contribution in [0.2, 0.25) is 5.02 Å². The highest BCUT2D eigenvalue weighted by molar-refractivity contribution is 7.92. The average Bonchev–Trinajstić information content (AvgIpc) is 2.88. The van der Waals surface area contributed by atoms with Crippen LogP contribution in [-0.4, -0.2) is 59.1 Å². The number of hydrogen-bond donors (Lipinski definition) is 1. The number of carbonyl (C=O) groups is 1. The van der Waals surface area contributed by atoms with Gasteiger partial charge in [0, 0.05) is 26.2 Å². The van der Waals surface area contributed by atoms with Crippen LogP contribution in [0, 0.1) is 5.82 Å². The minimum Gasteiger partial charge on any atom is -0.495 e. The number of rotatable bonds is 8. The second kappa shape index (κ2) is 11.0. The molecule has 3 aromatic carbocycles. The molecule has 1 aliphatic rings. The summed E-state index contributed by atoms with van der Waals surface area (Å²) in [7, 11) is -2.39. The predicted octanol–water partition coefficient (Wildman–Crippen LogP) is 4.02.